The number of rotatable bonds is 3. The maximum Gasteiger partial charge on any atom is 0.303 e. The molecule has 0 bridgehead atoms. The van der Waals surface area contributed by atoms with Crippen molar-refractivity contribution in [3.63, 3.8) is 0 Å². The maximum atomic E-state index is 11.6. The van der Waals surface area contributed by atoms with Crippen molar-refractivity contribution in [2.24, 2.45) is 0 Å². The monoisotopic (exact) mass is 226 g/mol. The zero-order chi connectivity index (χ0) is 11.4. The summed E-state index contributed by atoms with van der Waals surface area (Å²) in [5.74, 6) is -0.772. The molecule has 80 valence electrons. The zero-order valence-electron chi connectivity index (χ0n) is 8.54. The van der Waals surface area contributed by atoms with E-state index in [1.165, 1.54) is 6.92 Å². The van der Waals surface area contributed by atoms with Gasteiger partial charge in [0.1, 0.15) is 0 Å². The molecule has 0 spiro atoms. The van der Waals surface area contributed by atoms with Gasteiger partial charge in [0.15, 0.2) is 6.61 Å². The quantitative estimate of drug-likeness (QED) is 0.587. The topological polar surface area (TPSA) is 43.4 Å². The predicted molar refractivity (Wildman–Crippen MR) is 57.2 cm³/mol. The highest BCUT2D eigenvalue weighted by molar-refractivity contribution is 6.34. The summed E-state index contributed by atoms with van der Waals surface area (Å²) in [6.07, 6.45) is 0. The number of carbonyl (C=O) groups is 2. The number of halogens is 1. The van der Waals surface area contributed by atoms with Crippen molar-refractivity contribution in [3.05, 3.63) is 34.3 Å². The van der Waals surface area contributed by atoms with Crippen LogP contribution in [0.3, 0.4) is 0 Å². The first-order valence-electron chi connectivity index (χ1n) is 4.43. The van der Waals surface area contributed by atoms with Crippen molar-refractivity contribution in [1.29, 1.82) is 0 Å². The fourth-order valence-corrected chi connectivity index (χ4v) is 1.32. The van der Waals surface area contributed by atoms with Crippen LogP contribution < -0.4 is 0 Å². The molecule has 0 saturated carbocycles. The third kappa shape index (κ3) is 3.36. The Morgan fingerprint density at radius 1 is 1.40 bits per heavy atom. The molecule has 0 aliphatic heterocycles. The maximum absolute atomic E-state index is 11.6. The molecule has 0 heterocycles. The number of hydrogen-bond acceptors (Lipinski definition) is 3. The van der Waals surface area contributed by atoms with Crippen LogP contribution in [0.25, 0.3) is 0 Å². The molecular weight excluding hydrogens is 216 g/mol. The van der Waals surface area contributed by atoms with Gasteiger partial charge in [-0.1, -0.05) is 23.2 Å². The van der Waals surface area contributed by atoms with Gasteiger partial charge in [-0.25, -0.2) is 0 Å². The molecule has 15 heavy (non-hydrogen) atoms. The van der Waals surface area contributed by atoms with Gasteiger partial charge in [0.05, 0.1) is 5.02 Å². The second kappa shape index (κ2) is 4.94. The van der Waals surface area contributed by atoms with Crippen molar-refractivity contribution in [2.75, 3.05) is 6.61 Å². The van der Waals surface area contributed by atoms with E-state index in [1.54, 1.807) is 12.1 Å². The number of hydrogen-bond donors (Lipinski definition) is 0. The second-order valence-electron chi connectivity index (χ2n) is 3.19. The summed E-state index contributed by atoms with van der Waals surface area (Å²) in [5, 5.41) is 0.373. The molecule has 0 atom stereocenters. The Balaban J connectivity index is 2.81. The van der Waals surface area contributed by atoms with E-state index >= 15 is 0 Å². The lowest BCUT2D eigenvalue weighted by Crippen LogP contribution is -2.12. The van der Waals surface area contributed by atoms with Gasteiger partial charge in [-0.05, 0) is 19.1 Å². The molecule has 0 aliphatic carbocycles. The van der Waals surface area contributed by atoms with Crippen LogP contribution in [0.2, 0.25) is 5.02 Å². The van der Waals surface area contributed by atoms with Gasteiger partial charge in [0.2, 0.25) is 5.78 Å². The van der Waals surface area contributed by atoms with Gasteiger partial charge in [-0.2, -0.15) is 0 Å². The third-order valence-corrected chi connectivity index (χ3v) is 2.16. The van der Waals surface area contributed by atoms with Crippen LogP contribution in [-0.4, -0.2) is 18.4 Å². The smallest absolute Gasteiger partial charge is 0.303 e. The minimum atomic E-state index is -0.480. The number of carbonyl (C=O) groups excluding carboxylic acids is 2. The fraction of sp³-hybridized carbons (Fsp3) is 0.273. The third-order valence-electron chi connectivity index (χ3n) is 1.83. The summed E-state index contributed by atoms with van der Waals surface area (Å²) in [4.78, 5) is 22.1. The normalized spacial score (nSPS) is 9.80. The van der Waals surface area contributed by atoms with Crippen molar-refractivity contribution in [2.45, 2.75) is 13.8 Å². The predicted octanol–water partition coefficient (Wildman–Crippen LogP) is 2.39. The zero-order valence-corrected chi connectivity index (χ0v) is 9.30. The molecule has 4 heteroatoms. The number of Topliss-reactive ketones (excluding diaryl/α,β-unsaturated/α-hetero) is 1. The van der Waals surface area contributed by atoms with Gasteiger partial charge < -0.3 is 4.74 Å². The molecule has 3 nitrogen and oxygen atoms in total. The lowest BCUT2D eigenvalue weighted by Gasteiger charge is -2.04. The number of ketones is 1. The molecule has 0 aromatic heterocycles. The van der Waals surface area contributed by atoms with Crippen LogP contribution in [0.1, 0.15) is 22.8 Å². The minimum Gasteiger partial charge on any atom is -0.457 e. The van der Waals surface area contributed by atoms with Crippen LogP contribution in [0, 0.1) is 6.92 Å². The van der Waals surface area contributed by atoms with Crippen molar-refractivity contribution < 1.29 is 14.3 Å². The standard InChI is InChI=1S/C11H11ClO3/c1-7-3-4-10(12)9(5-7)11(14)6-15-8(2)13/h3-5H,6H2,1-2H3. The van der Waals surface area contributed by atoms with E-state index in [-0.39, 0.29) is 12.4 Å². The van der Waals surface area contributed by atoms with Gasteiger partial charge in [0.25, 0.3) is 0 Å². The molecule has 0 fully saturated rings. The average molecular weight is 227 g/mol. The number of esters is 1. The fourth-order valence-electron chi connectivity index (χ4n) is 1.10. The first-order valence-corrected chi connectivity index (χ1v) is 4.81. The summed E-state index contributed by atoms with van der Waals surface area (Å²) >= 11 is 5.85. The van der Waals surface area contributed by atoms with Crippen molar-refractivity contribution >= 4 is 23.4 Å². The Morgan fingerprint density at radius 3 is 2.67 bits per heavy atom. The Labute approximate surface area is 93.0 Å². The van der Waals surface area contributed by atoms with E-state index in [9.17, 15) is 9.59 Å². The summed E-state index contributed by atoms with van der Waals surface area (Å²) in [7, 11) is 0. The highest BCUT2D eigenvalue weighted by atomic mass is 35.5. The van der Waals surface area contributed by atoms with E-state index in [4.69, 9.17) is 11.6 Å². The van der Waals surface area contributed by atoms with Gasteiger partial charge >= 0.3 is 5.97 Å². The molecule has 0 amide bonds. The number of ether oxygens (including phenoxy) is 1. The largest absolute Gasteiger partial charge is 0.457 e. The summed E-state index contributed by atoms with van der Waals surface area (Å²) in [6.45, 7) is 2.85. The first kappa shape index (κ1) is 11.7. The van der Waals surface area contributed by atoms with E-state index in [0.29, 0.717) is 10.6 Å². The number of benzene rings is 1. The van der Waals surface area contributed by atoms with Gasteiger partial charge in [-0.3, -0.25) is 9.59 Å². The molecule has 0 unspecified atom stereocenters. The Bertz CT molecular complexity index is 399. The molecule has 0 N–H and O–H groups in total. The molecular formula is C11H11ClO3. The SMILES string of the molecule is CC(=O)OCC(=O)c1cc(C)ccc1Cl. The van der Waals surface area contributed by atoms with E-state index in [2.05, 4.69) is 4.74 Å². The van der Waals surface area contributed by atoms with Crippen molar-refractivity contribution in [1.82, 2.24) is 0 Å². The highest BCUT2D eigenvalue weighted by Crippen LogP contribution is 2.17. The highest BCUT2D eigenvalue weighted by Gasteiger charge is 2.11. The van der Waals surface area contributed by atoms with Crippen LogP contribution in [0.15, 0.2) is 18.2 Å². The van der Waals surface area contributed by atoms with E-state index in [0.717, 1.165) is 5.56 Å². The lowest BCUT2D eigenvalue weighted by molar-refractivity contribution is -0.139. The molecule has 0 aliphatic rings. The van der Waals surface area contributed by atoms with Gasteiger partial charge in [0, 0.05) is 12.5 Å². The molecule has 1 rings (SSSR count). The molecule has 0 radical (unpaired) electrons. The summed E-state index contributed by atoms with van der Waals surface area (Å²) in [5.41, 5.74) is 1.32. The van der Waals surface area contributed by atoms with Crippen LogP contribution in [0.5, 0.6) is 0 Å². The minimum absolute atomic E-state index is 0.265. The molecule has 1 aromatic carbocycles. The van der Waals surface area contributed by atoms with Crippen LogP contribution in [-0.2, 0) is 9.53 Å². The van der Waals surface area contributed by atoms with Crippen LogP contribution in [0.4, 0.5) is 0 Å². The first-order chi connectivity index (χ1) is 7.00. The Hall–Kier alpha value is -1.35. The average Bonchev–Trinajstić information content (AvgIpc) is 2.18. The molecule has 0 saturated heterocycles. The Kier molecular flexibility index (Phi) is 3.86. The van der Waals surface area contributed by atoms with E-state index < -0.39 is 5.97 Å². The molecule has 1 aromatic rings. The summed E-state index contributed by atoms with van der Waals surface area (Å²) < 4.78 is 4.61. The Morgan fingerprint density at radius 2 is 2.07 bits per heavy atom. The summed E-state index contributed by atoms with van der Waals surface area (Å²) in [6, 6.07) is 5.14. The second-order valence-corrected chi connectivity index (χ2v) is 3.59. The van der Waals surface area contributed by atoms with Gasteiger partial charge in [-0.15, -0.1) is 0 Å². The van der Waals surface area contributed by atoms with Crippen LogP contribution >= 0.6 is 11.6 Å². The number of aryl methyl sites for hydroxylation is 1. The van der Waals surface area contributed by atoms with E-state index in [1.807, 2.05) is 13.0 Å². The lowest BCUT2D eigenvalue weighted by atomic mass is 10.1. The van der Waals surface area contributed by atoms with Crippen molar-refractivity contribution in [3.8, 4) is 0 Å².